The van der Waals surface area contributed by atoms with Crippen molar-refractivity contribution in [1.82, 2.24) is 10.3 Å². The summed E-state index contributed by atoms with van der Waals surface area (Å²) in [5, 5.41) is 3.32. The molecule has 14 heavy (non-hydrogen) atoms. The number of nitrogens with two attached hydrogens (primary N) is 1. The summed E-state index contributed by atoms with van der Waals surface area (Å²) >= 11 is 0. The van der Waals surface area contributed by atoms with Gasteiger partial charge in [0.25, 0.3) is 0 Å². The Bertz CT molecular complexity index is 295. The summed E-state index contributed by atoms with van der Waals surface area (Å²) < 4.78 is 0. The molecule has 2 rings (SSSR count). The van der Waals surface area contributed by atoms with Crippen LogP contribution in [0.3, 0.4) is 0 Å². The number of nitrogens with zero attached hydrogens (tertiary/aromatic N) is 2. The summed E-state index contributed by atoms with van der Waals surface area (Å²) in [6, 6.07) is 3.97. The van der Waals surface area contributed by atoms with E-state index in [0.29, 0.717) is 5.82 Å². The molecule has 1 fully saturated rings. The molecule has 1 aromatic heterocycles. The molecule has 0 atom stereocenters. The molecule has 0 saturated carbocycles. The van der Waals surface area contributed by atoms with Gasteiger partial charge in [-0.1, -0.05) is 0 Å². The van der Waals surface area contributed by atoms with Crippen molar-refractivity contribution in [2.24, 2.45) is 5.84 Å². The van der Waals surface area contributed by atoms with E-state index in [1.807, 2.05) is 12.1 Å². The molecule has 0 aliphatic carbocycles. The van der Waals surface area contributed by atoms with Gasteiger partial charge in [0.15, 0.2) is 0 Å². The number of nitrogen functional groups attached to an aromatic ring is 1. The molecule has 1 aromatic rings. The third-order valence-corrected chi connectivity index (χ3v) is 2.37. The standard InChI is InChI=1S/C9H15N5/c10-13-9-7-8(1-2-12-9)14-5-3-11-4-6-14/h1-2,7,11H,3-6,10H2,(H,12,13). The van der Waals surface area contributed by atoms with Crippen LogP contribution in [0.5, 0.6) is 0 Å². The molecule has 2 heterocycles. The van der Waals surface area contributed by atoms with Gasteiger partial charge in [-0.25, -0.2) is 10.8 Å². The van der Waals surface area contributed by atoms with Gasteiger partial charge < -0.3 is 15.6 Å². The van der Waals surface area contributed by atoms with Crippen LogP contribution < -0.4 is 21.5 Å². The maximum Gasteiger partial charge on any atom is 0.141 e. The fraction of sp³-hybridized carbons (Fsp3) is 0.444. The van der Waals surface area contributed by atoms with Crippen LogP contribution >= 0.6 is 0 Å². The predicted molar refractivity (Wildman–Crippen MR) is 57.1 cm³/mol. The van der Waals surface area contributed by atoms with Crippen LogP contribution in [0.4, 0.5) is 11.5 Å². The number of pyridine rings is 1. The zero-order chi connectivity index (χ0) is 9.80. The Balaban J connectivity index is 2.13. The van der Waals surface area contributed by atoms with Crippen molar-refractivity contribution in [3.63, 3.8) is 0 Å². The molecule has 4 N–H and O–H groups in total. The summed E-state index contributed by atoms with van der Waals surface area (Å²) in [5.74, 6) is 6.01. The minimum Gasteiger partial charge on any atom is -0.369 e. The van der Waals surface area contributed by atoms with Crippen LogP contribution in [0.25, 0.3) is 0 Å². The van der Waals surface area contributed by atoms with E-state index in [-0.39, 0.29) is 0 Å². The second-order valence-corrected chi connectivity index (χ2v) is 3.28. The van der Waals surface area contributed by atoms with Gasteiger partial charge in [0.05, 0.1) is 0 Å². The van der Waals surface area contributed by atoms with Crippen molar-refractivity contribution >= 4 is 11.5 Å². The Morgan fingerprint density at radius 2 is 2.21 bits per heavy atom. The predicted octanol–water partition coefficient (Wildman–Crippen LogP) is -0.223. The average molecular weight is 193 g/mol. The monoisotopic (exact) mass is 193 g/mol. The minimum absolute atomic E-state index is 0.709. The number of hydrazine groups is 1. The first-order chi connectivity index (χ1) is 6.90. The Labute approximate surface area is 83.3 Å². The van der Waals surface area contributed by atoms with Gasteiger partial charge in [-0.15, -0.1) is 0 Å². The van der Waals surface area contributed by atoms with E-state index in [9.17, 15) is 0 Å². The first kappa shape index (κ1) is 9.23. The molecule has 0 unspecified atom stereocenters. The summed E-state index contributed by atoms with van der Waals surface area (Å²) in [7, 11) is 0. The molecule has 0 amide bonds. The minimum atomic E-state index is 0.709. The summed E-state index contributed by atoms with van der Waals surface area (Å²) in [5.41, 5.74) is 3.73. The lowest BCUT2D eigenvalue weighted by molar-refractivity contribution is 0.589. The van der Waals surface area contributed by atoms with E-state index < -0.39 is 0 Å². The Hall–Kier alpha value is -1.33. The van der Waals surface area contributed by atoms with Crippen LogP contribution in [0.15, 0.2) is 18.3 Å². The van der Waals surface area contributed by atoms with Crippen molar-refractivity contribution < 1.29 is 0 Å². The van der Waals surface area contributed by atoms with Crippen molar-refractivity contribution in [2.75, 3.05) is 36.5 Å². The number of aromatic nitrogens is 1. The van der Waals surface area contributed by atoms with Gasteiger partial charge in [-0.2, -0.15) is 0 Å². The molecule has 0 aromatic carbocycles. The van der Waals surface area contributed by atoms with Gasteiger partial charge in [-0.3, -0.25) is 0 Å². The fourth-order valence-electron chi connectivity index (χ4n) is 1.62. The molecular weight excluding hydrogens is 178 g/mol. The van der Waals surface area contributed by atoms with Crippen LogP contribution in [0.2, 0.25) is 0 Å². The lowest BCUT2D eigenvalue weighted by atomic mass is 10.3. The Morgan fingerprint density at radius 3 is 2.93 bits per heavy atom. The maximum absolute atomic E-state index is 5.30. The third kappa shape index (κ3) is 1.94. The molecule has 0 spiro atoms. The average Bonchev–Trinajstić information content (AvgIpc) is 2.30. The van der Waals surface area contributed by atoms with Crippen molar-refractivity contribution in [1.29, 1.82) is 0 Å². The number of nitrogens with one attached hydrogen (secondary N) is 2. The van der Waals surface area contributed by atoms with Gasteiger partial charge in [-0.05, 0) is 6.07 Å². The maximum atomic E-state index is 5.30. The van der Waals surface area contributed by atoms with E-state index in [1.165, 1.54) is 5.69 Å². The number of anilines is 2. The van der Waals surface area contributed by atoms with Gasteiger partial charge >= 0.3 is 0 Å². The van der Waals surface area contributed by atoms with Crippen molar-refractivity contribution in [3.8, 4) is 0 Å². The molecule has 1 aliphatic rings. The molecule has 0 bridgehead atoms. The SMILES string of the molecule is NNc1cc(N2CCNCC2)ccn1. The molecular formula is C9H15N5. The smallest absolute Gasteiger partial charge is 0.141 e. The van der Waals surface area contributed by atoms with E-state index >= 15 is 0 Å². The quantitative estimate of drug-likeness (QED) is 0.447. The van der Waals surface area contributed by atoms with Crippen LogP contribution in [0, 0.1) is 0 Å². The molecule has 76 valence electrons. The second-order valence-electron chi connectivity index (χ2n) is 3.28. The largest absolute Gasteiger partial charge is 0.369 e. The molecule has 1 aliphatic heterocycles. The Kier molecular flexibility index (Phi) is 2.81. The van der Waals surface area contributed by atoms with E-state index in [1.54, 1.807) is 6.20 Å². The number of rotatable bonds is 2. The van der Waals surface area contributed by atoms with E-state index in [2.05, 4.69) is 20.6 Å². The van der Waals surface area contributed by atoms with E-state index in [4.69, 9.17) is 5.84 Å². The van der Waals surface area contributed by atoms with E-state index in [0.717, 1.165) is 26.2 Å². The van der Waals surface area contributed by atoms with Gasteiger partial charge in [0.1, 0.15) is 5.82 Å². The summed E-state index contributed by atoms with van der Waals surface area (Å²) in [6.45, 7) is 4.14. The number of hydrogen-bond donors (Lipinski definition) is 3. The number of hydrogen-bond acceptors (Lipinski definition) is 5. The zero-order valence-corrected chi connectivity index (χ0v) is 8.03. The van der Waals surface area contributed by atoms with Crippen LogP contribution in [0.1, 0.15) is 0 Å². The van der Waals surface area contributed by atoms with Crippen molar-refractivity contribution in [3.05, 3.63) is 18.3 Å². The summed E-state index contributed by atoms with van der Waals surface area (Å²) in [4.78, 5) is 6.39. The lowest BCUT2D eigenvalue weighted by Gasteiger charge is -2.29. The molecule has 1 saturated heterocycles. The molecule has 0 radical (unpaired) electrons. The third-order valence-electron chi connectivity index (χ3n) is 2.37. The first-order valence-electron chi connectivity index (χ1n) is 4.78. The highest BCUT2D eigenvalue weighted by Gasteiger charge is 2.10. The zero-order valence-electron chi connectivity index (χ0n) is 8.03. The van der Waals surface area contributed by atoms with Gasteiger partial charge in [0.2, 0.25) is 0 Å². The topological polar surface area (TPSA) is 66.2 Å². The van der Waals surface area contributed by atoms with Crippen LogP contribution in [-0.2, 0) is 0 Å². The van der Waals surface area contributed by atoms with Gasteiger partial charge in [0, 0.05) is 44.1 Å². The normalized spacial score (nSPS) is 16.8. The number of piperazine rings is 1. The lowest BCUT2D eigenvalue weighted by Crippen LogP contribution is -2.43. The summed E-state index contributed by atoms with van der Waals surface area (Å²) in [6.07, 6.45) is 1.77. The highest BCUT2D eigenvalue weighted by Crippen LogP contribution is 2.16. The molecule has 5 heteroatoms. The fourth-order valence-corrected chi connectivity index (χ4v) is 1.62. The van der Waals surface area contributed by atoms with Crippen molar-refractivity contribution in [2.45, 2.75) is 0 Å². The highest BCUT2D eigenvalue weighted by molar-refractivity contribution is 5.53. The first-order valence-corrected chi connectivity index (χ1v) is 4.78. The molecule has 5 nitrogen and oxygen atoms in total. The Morgan fingerprint density at radius 1 is 1.43 bits per heavy atom. The second kappa shape index (κ2) is 4.26. The van der Waals surface area contributed by atoms with Crippen LogP contribution in [-0.4, -0.2) is 31.2 Å². The highest BCUT2D eigenvalue weighted by atomic mass is 15.3.